The fourth-order valence-corrected chi connectivity index (χ4v) is 2.80. The molecule has 1 saturated heterocycles. The molecule has 2 unspecified atom stereocenters. The van der Waals surface area contributed by atoms with Gasteiger partial charge in [0, 0.05) is 11.1 Å². The van der Waals surface area contributed by atoms with E-state index in [0.717, 1.165) is 12.1 Å². The molecule has 2 rings (SSSR count). The number of rotatable bonds is 5. The quantitative estimate of drug-likeness (QED) is 0.875. The smallest absolute Gasteiger partial charge is 0.227 e. The second-order valence-corrected chi connectivity index (χ2v) is 5.47. The fourth-order valence-electron chi connectivity index (χ4n) is 2.50. The van der Waals surface area contributed by atoms with Crippen LogP contribution in [0.1, 0.15) is 25.5 Å². The molecule has 1 aliphatic rings. The molecule has 0 saturated carbocycles. The lowest BCUT2D eigenvalue weighted by Gasteiger charge is -2.21. The summed E-state index contributed by atoms with van der Waals surface area (Å²) in [6.45, 7) is 5.86. The van der Waals surface area contributed by atoms with Gasteiger partial charge < -0.3 is 15.4 Å². The molecule has 1 aromatic rings. The zero-order chi connectivity index (χ0) is 14.5. The van der Waals surface area contributed by atoms with Crippen LogP contribution in [-0.4, -0.2) is 31.7 Å². The Kier molecular flexibility index (Phi) is 5.40. The van der Waals surface area contributed by atoms with Gasteiger partial charge in [-0.05, 0) is 25.1 Å². The molecule has 3 atom stereocenters. The van der Waals surface area contributed by atoms with Gasteiger partial charge in [0.15, 0.2) is 0 Å². The Morgan fingerprint density at radius 2 is 2.20 bits per heavy atom. The molecule has 110 valence electrons. The molecule has 1 amide bonds. The van der Waals surface area contributed by atoms with Crippen molar-refractivity contribution in [1.29, 1.82) is 0 Å². The number of hydrogen-bond acceptors (Lipinski definition) is 3. The van der Waals surface area contributed by atoms with Gasteiger partial charge in [-0.1, -0.05) is 36.7 Å². The van der Waals surface area contributed by atoms with Crippen molar-refractivity contribution in [2.75, 3.05) is 19.8 Å². The molecule has 1 fully saturated rings. The normalized spacial score (nSPS) is 23.6. The minimum absolute atomic E-state index is 0.0147. The third kappa shape index (κ3) is 3.51. The van der Waals surface area contributed by atoms with Crippen LogP contribution in [0.4, 0.5) is 0 Å². The summed E-state index contributed by atoms with van der Waals surface area (Å²) in [5.41, 5.74) is 0.932. The molecule has 0 bridgehead atoms. The van der Waals surface area contributed by atoms with Crippen molar-refractivity contribution in [3.8, 4) is 0 Å². The van der Waals surface area contributed by atoms with Gasteiger partial charge in [-0.2, -0.15) is 0 Å². The van der Waals surface area contributed by atoms with Crippen LogP contribution in [-0.2, 0) is 9.53 Å². The Hall–Kier alpha value is -1.10. The molecule has 4 nitrogen and oxygen atoms in total. The molecule has 0 radical (unpaired) electrons. The SMILES string of the molecule is CCNC1COCC1C(=O)N[C@@H](C)c1ccccc1Cl. The molecule has 0 spiro atoms. The third-order valence-electron chi connectivity index (χ3n) is 3.61. The predicted molar refractivity (Wildman–Crippen MR) is 79.8 cm³/mol. The van der Waals surface area contributed by atoms with E-state index in [1.165, 1.54) is 0 Å². The second-order valence-electron chi connectivity index (χ2n) is 5.06. The molecule has 1 aliphatic heterocycles. The van der Waals surface area contributed by atoms with Gasteiger partial charge in [-0.15, -0.1) is 0 Å². The van der Waals surface area contributed by atoms with Crippen LogP contribution in [0, 0.1) is 5.92 Å². The highest BCUT2D eigenvalue weighted by Crippen LogP contribution is 2.23. The molecule has 1 heterocycles. The van der Waals surface area contributed by atoms with E-state index in [2.05, 4.69) is 10.6 Å². The summed E-state index contributed by atoms with van der Waals surface area (Å²) in [7, 11) is 0. The van der Waals surface area contributed by atoms with Gasteiger partial charge in [0.25, 0.3) is 0 Å². The summed E-state index contributed by atoms with van der Waals surface area (Å²) in [4.78, 5) is 12.4. The number of likely N-dealkylation sites (N-methyl/N-ethyl adjacent to an activating group) is 1. The highest BCUT2D eigenvalue weighted by atomic mass is 35.5. The van der Waals surface area contributed by atoms with Gasteiger partial charge in [-0.3, -0.25) is 4.79 Å². The van der Waals surface area contributed by atoms with Gasteiger partial charge >= 0.3 is 0 Å². The number of ether oxygens (including phenoxy) is 1. The summed E-state index contributed by atoms with van der Waals surface area (Å²) >= 11 is 6.15. The van der Waals surface area contributed by atoms with E-state index in [1.54, 1.807) is 0 Å². The first-order chi connectivity index (χ1) is 9.63. The summed E-state index contributed by atoms with van der Waals surface area (Å²) in [5, 5.41) is 6.98. The zero-order valence-electron chi connectivity index (χ0n) is 11.9. The van der Waals surface area contributed by atoms with Crippen molar-refractivity contribution < 1.29 is 9.53 Å². The van der Waals surface area contributed by atoms with Crippen molar-refractivity contribution in [2.45, 2.75) is 25.9 Å². The van der Waals surface area contributed by atoms with Crippen molar-refractivity contribution in [1.82, 2.24) is 10.6 Å². The van der Waals surface area contributed by atoms with Crippen LogP contribution in [0.5, 0.6) is 0 Å². The van der Waals surface area contributed by atoms with Crippen LogP contribution in [0.2, 0.25) is 5.02 Å². The Bertz CT molecular complexity index is 467. The molecular weight excluding hydrogens is 276 g/mol. The predicted octanol–water partition coefficient (Wildman–Crippen LogP) is 2.14. The Balaban J connectivity index is 1.99. The number of nitrogens with one attached hydrogen (secondary N) is 2. The van der Waals surface area contributed by atoms with Crippen LogP contribution in [0.25, 0.3) is 0 Å². The van der Waals surface area contributed by atoms with Crippen LogP contribution in [0.15, 0.2) is 24.3 Å². The summed E-state index contributed by atoms with van der Waals surface area (Å²) in [6.07, 6.45) is 0. The monoisotopic (exact) mass is 296 g/mol. The molecule has 1 aromatic carbocycles. The Morgan fingerprint density at radius 1 is 1.45 bits per heavy atom. The van der Waals surface area contributed by atoms with Crippen molar-refractivity contribution >= 4 is 17.5 Å². The van der Waals surface area contributed by atoms with E-state index in [1.807, 2.05) is 38.1 Å². The largest absolute Gasteiger partial charge is 0.379 e. The minimum atomic E-state index is -0.139. The molecular formula is C15H21ClN2O2. The zero-order valence-corrected chi connectivity index (χ0v) is 12.6. The number of carbonyl (C=O) groups excluding carboxylic acids is 1. The fraction of sp³-hybridized carbons (Fsp3) is 0.533. The number of hydrogen-bond donors (Lipinski definition) is 2. The summed E-state index contributed by atoms with van der Waals surface area (Å²) < 4.78 is 5.41. The molecule has 2 N–H and O–H groups in total. The van der Waals surface area contributed by atoms with Crippen molar-refractivity contribution in [3.05, 3.63) is 34.9 Å². The lowest BCUT2D eigenvalue weighted by molar-refractivity contribution is -0.126. The number of benzene rings is 1. The maximum atomic E-state index is 12.4. The maximum Gasteiger partial charge on any atom is 0.227 e. The standard InChI is InChI=1S/C15H21ClN2O2/c1-3-17-14-9-20-8-12(14)15(19)18-10(2)11-6-4-5-7-13(11)16/h4-7,10,12,14,17H,3,8-9H2,1-2H3,(H,18,19)/t10-,12?,14?/m0/s1. The number of carbonyl (C=O) groups is 1. The van der Waals surface area contributed by atoms with Crippen LogP contribution < -0.4 is 10.6 Å². The first-order valence-electron chi connectivity index (χ1n) is 6.99. The second kappa shape index (κ2) is 7.07. The number of amides is 1. The molecule has 20 heavy (non-hydrogen) atoms. The van der Waals surface area contributed by atoms with E-state index < -0.39 is 0 Å². The Morgan fingerprint density at radius 3 is 2.90 bits per heavy atom. The lowest BCUT2D eigenvalue weighted by atomic mass is 10.0. The van der Waals surface area contributed by atoms with Gasteiger partial charge in [0.2, 0.25) is 5.91 Å². The molecule has 5 heteroatoms. The van der Waals surface area contributed by atoms with Crippen molar-refractivity contribution in [3.63, 3.8) is 0 Å². The molecule has 0 aromatic heterocycles. The van der Waals surface area contributed by atoms with Gasteiger partial charge in [0.05, 0.1) is 25.2 Å². The van der Waals surface area contributed by atoms with E-state index in [-0.39, 0.29) is 23.9 Å². The highest BCUT2D eigenvalue weighted by molar-refractivity contribution is 6.31. The van der Waals surface area contributed by atoms with E-state index >= 15 is 0 Å². The average molecular weight is 297 g/mol. The van der Waals surface area contributed by atoms with E-state index in [0.29, 0.717) is 18.2 Å². The maximum absolute atomic E-state index is 12.4. The highest BCUT2D eigenvalue weighted by Gasteiger charge is 2.34. The number of halogens is 1. The average Bonchev–Trinajstić information content (AvgIpc) is 2.88. The topological polar surface area (TPSA) is 50.4 Å². The lowest BCUT2D eigenvalue weighted by Crippen LogP contribution is -2.44. The van der Waals surface area contributed by atoms with Gasteiger partial charge in [0.1, 0.15) is 0 Å². The minimum Gasteiger partial charge on any atom is -0.379 e. The van der Waals surface area contributed by atoms with Crippen LogP contribution >= 0.6 is 11.6 Å². The van der Waals surface area contributed by atoms with Crippen LogP contribution in [0.3, 0.4) is 0 Å². The summed E-state index contributed by atoms with van der Waals surface area (Å²) in [5.74, 6) is -0.124. The van der Waals surface area contributed by atoms with E-state index in [4.69, 9.17) is 16.3 Å². The summed E-state index contributed by atoms with van der Waals surface area (Å²) in [6, 6.07) is 7.55. The van der Waals surface area contributed by atoms with E-state index in [9.17, 15) is 4.79 Å². The first-order valence-corrected chi connectivity index (χ1v) is 7.37. The van der Waals surface area contributed by atoms with Crippen molar-refractivity contribution in [2.24, 2.45) is 5.92 Å². The first kappa shape index (κ1) is 15.3. The molecule has 0 aliphatic carbocycles. The Labute approximate surface area is 124 Å². The van der Waals surface area contributed by atoms with Gasteiger partial charge in [-0.25, -0.2) is 0 Å². The third-order valence-corrected chi connectivity index (χ3v) is 3.96.